The van der Waals surface area contributed by atoms with Gasteiger partial charge in [0.25, 0.3) is 0 Å². The number of fused-ring (bicyclic) bond motifs is 2. The van der Waals surface area contributed by atoms with Gasteiger partial charge >= 0.3 is 6.09 Å². The van der Waals surface area contributed by atoms with Crippen molar-refractivity contribution in [2.45, 2.75) is 69.8 Å². The van der Waals surface area contributed by atoms with Crippen LogP contribution in [0.4, 0.5) is 4.79 Å². The second-order valence-electron chi connectivity index (χ2n) is 12.2. The minimum Gasteiger partial charge on any atom is -0.497 e. The molecule has 43 heavy (non-hydrogen) atoms. The van der Waals surface area contributed by atoms with Crippen molar-refractivity contribution in [3.05, 3.63) is 54.3 Å². The van der Waals surface area contributed by atoms with Crippen LogP contribution in [0.1, 0.15) is 51.0 Å². The monoisotopic (exact) mass is 591 g/mol. The van der Waals surface area contributed by atoms with Gasteiger partial charge in [-0.3, -0.25) is 0 Å². The molecule has 1 amide bonds. The molecule has 230 valence electrons. The molecule has 2 aliphatic rings. The van der Waals surface area contributed by atoms with E-state index < -0.39 is 11.7 Å². The summed E-state index contributed by atoms with van der Waals surface area (Å²) in [6.07, 6.45) is 5.10. The van der Waals surface area contributed by atoms with Gasteiger partial charge in [-0.15, -0.1) is 0 Å². The molecule has 10 nitrogen and oxygen atoms in total. The summed E-state index contributed by atoms with van der Waals surface area (Å²) in [5.41, 5.74) is 1.73. The lowest BCUT2D eigenvalue weighted by Crippen LogP contribution is -2.47. The molecule has 1 saturated carbocycles. The quantitative estimate of drug-likeness (QED) is 0.205. The van der Waals surface area contributed by atoms with E-state index in [2.05, 4.69) is 22.1 Å². The molecule has 3 heterocycles. The highest BCUT2D eigenvalue weighted by atomic mass is 16.6. The van der Waals surface area contributed by atoms with Crippen molar-refractivity contribution in [1.29, 1.82) is 0 Å². The second kappa shape index (κ2) is 12.5. The van der Waals surface area contributed by atoms with Gasteiger partial charge in [0.2, 0.25) is 5.88 Å². The number of rotatable bonds is 9. The van der Waals surface area contributed by atoms with E-state index in [0.717, 1.165) is 59.2 Å². The standard InChI is InChI=1S/C33H41N3O7/c1-21-18-36(14-10-28(21)37)15-13-33(39)11-8-23(9-12-33)34-32(38)43-31-17-26-27(35-31)4-3-5-29(26)41-19-22-20-42-30-16-24(40-2)6-7-25(22)30/h3-7,16-17,20-21,23,28,35,37,39H,8-15,18-19H2,1-2H3,(H,34,38)/t21-,23?,28-,33?/m0/s1. The van der Waals surface area contributed by atoms with Crippen molar-refractivity contribution in [3.63, 3.8) is 0 Å². The number of aromatic nitrogens is 1. The molecular formula is C33H41N3O7. The van der Waals surface area contributed by atoms with Gasteiger partial charge in [-0.25, -0.2) is 4.79 Å². The van der Waals surface area contributed by atoms with Crippen LogP contribution < -0.4 is 19.5 Å². The number of hydrogen-bond donors (Lipinski definition) is 4. The molecule has 4 aromatic rings. The first-order valence-electron chi connectivity index (χ1n) is 15.2. The number of furan rings is 1. The fourth-order valence-electron chi connectivity index (χ4n) is 6.37. The maximum Gasteiger partial charge on any atom is 0.414 e. The van der Waals surface area contributed by atoms with Crippen LogP contribution in [0.15, 0.2) is 53.1 Å². The highest BCUT2D eigenvalue weighted by Crippen LogP contribution is 2.34. The minimum atomic E-state index is -0.718. The lowest BCUT2D eigenvalue weighted by atomic mass is 9.80. The predicted molar refractivity (Wildman–Crippen MR) is 163 cm³/mol. The zero-order valence-corrected chi connectivity index (χ0v) is 24.8. The molecule has 2 aromatic heterocycles. The van der Waals surface area contributed by atoms with Crippen LogP contribution in [-0.2, 0) is 6.61 Å². The highest BCUT2D eigenvalue weighted by Gasteiger charge is 2.35. The predicted octanol–water partition coefficient (Wildman–Crippen LogP) is 5.36. The topological polar surface area (TPSA) is 129 Å². The van der Waals surface area contributed by atoms with E-state index in [9.17, 15) is 15.0 Å². The van der Waals surface area contributed by atoms with Crippen molar-refractivity contribution in [2.24, 2.45) is 5.92 Å². The molecule has 0 bridgehead atoms. The summed E-state index contributed by atoms with van der Waals surface area (Å²) in [5.74, 6) is 1.99. The van der Waals surface area contributed by atoms with Gasteiger partial charge < -0.3 is 44.0 Å². The van der Waals surface area contributed by atoms with E-state index >= 15 is 0 Å². The first-order valence-corrected chi connectivity index (χ1v) is 15.2. The summed E-state index contributed by atoms with van der Waals surface area (Å²) >= 11 is 0. The Morgan fingerprint density at radius 2 is 2.00 bits per heavy atom. The zero-order valence-electron chi connectivity index (χ0n) is 24.8. The summed E-state index contributed by atoms with van der Waals surface area (Å²) in [4.78, 5) is 18.2. The average Bonchev–Trinajstić information content (AvgIpc) is 3.61. The Morgan fingerprint density at radius 1 is 1.16 bits per heavy atom. The van der Waals surface area contributed by atoms with E-state index in [1.54, 1.807) is 19.4 Å². The summed E-state index contributed by atoms with van der Waals surface area (Å²) in [6.45, 7) is 4.96. The van der Waals surface area contributed by atoms with E-state index in [-0.39, 0.29) is 18.1 Å². The summed E-state index contributed by atoms with van der Waals surface area (Å²) in [6, 6.07) is 13.1. The lowest BCUT2D eigenvalue weighted by molar-refractivity contribution is -0.0271. The molecule has 2 fully saturated rings. The van der Waals surface area contributed by atoms with Crippen molar-refractivity contribution < 1.29 is 33.6 Å². The number of amides is 1. The third kappa shape index (κ3) is 6.76. The van der Waals surface area contributed by atoms with Crippen LogP contribution in [0.25, 0.3) is 21.9 Å². The number of aliphatic hydroxyl groups excluding tert-OH is 1. The smallest absolute Gasteiger partial charge is 0.414 e. The molecule has 2 atom stereocenters. The molecule has 0 radical (unpaired) electrons. The average molecular weight is 592 g/mol. The van der Waals surface area contributed by atoms with E-state index in [1.807, 2.05) is 36.4 Å². The van der Waals surface area contributed by atoms with Crippen LogP contribution in [0.3, 0.4) is 0 Å². The summed E-state index contributed by atoms with van der Waals surface area (Å²) < 4.78 is 22.7. The second-order valence-corrected chi connectivity index (χ2v) is 12.2. The molecule has 2 aromatic carbocycles. The van der Waals surface area contributed by atoms with Gasteiger partial charge in [0.15, 0.2) is 0 Å². The first kappa shape index (κ1) is 29.3. The molecular weight excluding hydrogens is 550 g/mol. The first-order chi connectivity index (χ1) is 20.8. The number of nitrogens with zero attached hydrogens (tertiary/aromatic N) is 1. The maximum absolute atomic E-state index is 12.8. The molecule has 0 spiro atoms. The van der Waals surface area contributed by atoms with Gasteiger partial charge in [-0.1, -0.05) is 13.0 Å². The number of nitrogens with one attached hydrogen (secondary N) is 2. The third-order valence-corrected chi connectivity index (χ3v) is 9.12. The number of H-pyrrole nitrogens is 1. The Labute approximate surface area is 250 Å². The molecule has 4 N–H and O–H groups in total. The highest BCUT2D eigenvalue weighted by molar-refractivity contribution is 5.88. The minimum absolute atomic E-state index is 0.0500. The van der Waals surface area contributed by atoms with Crippen LogP contribution in [0, 0.1) is 5.92 Å². The van der Waals surface area contributed by atoms with Crippen molar-refractivity contribution in [3.8, 4) is 17.4 Å². The molecule has 1 aliphatic carbocycles. The number of carbonyl (C=O) groups is 1. The van der Waals surface area contributed by atoms with E-state index in [0.29, 0.717) is 50.3 Å². The van der Waals surface area contributed by atoms with Crippen molar-refractivity contribution in [1.82, 2.24) is 15.2 Å². The van der Waals surface area contributed by atoms with Gasteiger partial charge in [0, 0.05) is 54.1 Å². The van der Waals surface area contributed by atoms with Crippen LogP contribution in [0.2, 0.25) is 0 Å². The molecule has 1 aliphatic heterocycles. The third-order valence-electron chi connectivity index (χ3n) is 9.12. The fraction of sp³-hybridized carbons (Fsp3) is 0.485. The number of ether oxygens (including phenoxy) is 3. The molecule has 0 unspecified atom stereocenters. The number of aromatic amines is 1. The number of methoxy groups -OCH3 is 1. The fourth-order valence-corrected chi connectivity index (χ4v) is 6.37. The van der Waals surface area contributed by atoms with E-state index in [4.69, 9.17) is 18.6 Å². The lowest BCUT2D eigenvalue weighted by Gasteiger charge is -2.39. The Bertz CT molecular complexity index is 1550. The zero-order chi connectivity index (χ0) is 30.0. The maximum atomic E-state index is 12.8. The van der Waals surface area contributed by atoms with Crippen molar-refractivity contribution in [2.75, 3.05) is 26.7 Å². The Kier molecular flexibility index (Phi) is 8.52. The van der Waals surface area contributed by atoms with Crippen LogP contribution in [0.5, 0.6) is 17.4 Å². The Morgan fingerprint density at radius 3 is 2.79 bits per heavy atom. The SMILES string of the molecule is COc1ccc2c(COc3cccc4[nH]c(OC(=O)NC5CCC(O)(CCN6CC[C@H](O)[C@@H](C)C6)CC5)cc34)coc2c1. The Hall–Kier alpha value is -3.73. The summed E-state index contributed by atoms with van der Waals surface area (Å²) in [7, 11) is 1.62. The normalized spacial score (nSPS) is 24.7. The van der Waals surface area contributed by atoms with Crippen LogP contribution >= 0.6 is 0 Å². The van der Waals surface area contributed by atoms with Gasteiger partial charge in [0.05, 0.1) is 30.6 Å². The Balaban J connectivity index is 0.998. The number of carbonyl (C=O) groups excluding carboxylic acids is 1. The molecule has 1 saturated heterocycles. The van der Waals surface area contributed by atoms with Gasteiger partial charge in [0.1, 0.15) is 23.7 Å². The number of piperidine rings is 1. The molecule has 6 rings (SSSR count). The number of likely N-dealkylation sites (tertiary alicyclic amines) is 1. The van der Waals surface area contributed by atoms with Crippen molar-refractivity contribution >= 4 is 28.0 Å². The van der Waals surface area contributed by atoms with Gasteiger partial charge in [-0.2, -0.15) is 0 Å². The number of aliphatic hydroxyl groups is 2. The van der Waals surface area contributed by atoms with E-state index in [1.165, 1.54) is 0 Å². The number of hydrogen-bond acceptors (Lipinski definition) is 8. The summed E-state index contributed by atoms with van der Waals surface area (Å²) in [5, 5.41) is 25.8. The molecule has 10 heteroatoms. The van der Waals surface area contributed by atoms with Crippen LogP contribution in [-0.4, -0.2) is 70.7 Å². The largest absolute Gasteiger partial charge is 0.497 e. The van der Waals surface area contributed by atoms with Gasteiger partial charge in [-0.05, 0) is 68.7 Å². The number of benzene rings is 2.